The molecule has 0 radical (unpaired) electrons. The molecule has 1 rings (SSSR count). The highest BCUT2D eigenvalue weighted by atomic mass is 14.9. The summed E-state index contributed by atoms with van der Waals surface area (Å²) >= 11 is 0. The molecule has 0 bridgehead atoms. The van der Waals surface area contributed by atoms with Crippen molar-refractivity contribution < 1.29 is 4.98 Å². The zero-order chi connectivity index (χ0) is 7.56. The standard InChI is InChI=1S/C7H11N3/c1-3-6-9-4-5(2)7(8)10-6/h4H,3H2,1-2H3,(H2,8,9,10)/p+1. The molecule has 3 N–H and O–H groups in total. The minimum atomic E-state index is 0.621. The number of hydrogen-bond donors (Lipinski definition) is 1. The molecule has 1 heterocycles. The van der Waals surface area contributed by atoms with Crippen LogP contribution < -0.4 is 10.7 Å². The lowest BCUT2D eigenvalue weighted by atomic mass is 10.3. The van der Waals surface area contributed by atoms with Crippen LogP contribution in [0.1, 0.15) is 18.3 Å². The summed E-state index contributed by atoms with van der Waals surface area (Å²) in [5.41, 5.74) is 6.56. The minimum Gasteiger partial charge on any atom is -0.363 e. The maximum atomic E-state index is 5.57. The molecule has 1 aromatic heterocycles. The Morgan fingerprint density at radius 1 is 1.70 bits per heavy atom. The van der Waals surface area contributed by atoms with E-state index in [4.69, 9.17) is 5.73 Å². The smallest absolute Gasteiger partial charge is 0.298 e. The SMILES string of the molecule is CCc1nc(N)c(C)c[nH+]1. The number of aromatic nitrogens is 2. The molecule has 54 valence electrons. The van der Waals surface area contributed by atoms with Crippen molar-refractivity contribution >= 4 is 5.82 Å². The number of H-pyrrole nitrogens is 1. The van der Waals surface area contributed by atoms with Crippen molar-refractivity contribution in [1.29, 1.82) is 0 Å². The average Bonchev–Trinajstić information content (AvgIpc) is 1.95. The number of nitrogens with one attached hydrogen (secondary N) is 1. The van der Waals surface area contributed by atoms with Gasteiger partial charge in [-0.3, -0.25) is 0 Å². The lowest BCUT2D eigenvalue weighted by Crippen LogP contribution is -2.15. The van der Waals surface area contributed by atoms with E-state index in [2.05, 4.69) is 9.97 Å². The van der Waals surface area contributed by atoms with Crippen LogP contribution in [0.15, 0.2) is 6.20 Å². The van der Waals surface area contributed by atoms with E-state index >= 15 is 0 Å². The summed E-state index contributed by atoms with van der Waals surface area (Å²) in [7, 11) is 0. The van der Waals surface area contributed by atoms with Crippen LogP contribution in [0.4, 0.5) is 5.82 Å². The van der Waals surface area contributed by atoms with Gasteiger partial charge in [0.05, 0.1) is 18.2 Å². The third-order valence-electron chi connectivity index (χ3n) is 1.45. The highest BCUT2D eigenvalue weighted by Gasteiger charge is 2.05. The molecular formula is C7H12N3+. The number of nitrogen functional groups attached to an aromatic ring is 1. The molecule has 0 aromatic carbocycles. The fourth-order valence-corrected chi connectivity index (χ4v) is 0.712. The molecule has 0 unspecified atom stereocenters. The Bertz CT molecular complexity index is 232. The Morgan fingerprint density at radius 3 is 2.90 bits per heavy atom. The van der Waals surface area contributed by atoms with Crippen LogP contribution in [0.5, 0.6) is 0 Å². The van der Waals surface area contributed by atoms with E-state index in [0.717, 1.165) is 17.8 Å². The Labute approximate surface area is 60.3 Å². The van der Waals surface area contributed by atoms with Gasteiger partial charge in [-0.15, -0.1) is 0 Å². The van der Waals surface area contributed by atoms with Crippen molar-refractivity contribution in [3.05, 3.63) is 17.6 Å². The maximum absolute atomic E-state index is 5.57. The molecule has 0 aliphatic rings. The number of hydrogen-bond acceptors (Lipinski definition) is 2. The molecule has 0 saturated carbocycles. The van der Waals surface area contributed by atoms with Gasteiger partial charge < -0.3 is 5.73 Å². The Balaban J connectivity index is 3.04. The highest BCUT2D eigenvalue weighted by Crippen LogP contribution is 2.01. The molecule has 10 heavy (non-hydrogen) atoms. The predicted octanol–water partition coefficient (Wildman–Crippen LogP) is 0.349. The van der Waals surface area contributed by atoms with Gasteiger partial charge in [0, 0.05) is 0 Å². The van der Waals surface area contributed by atoms with Crippen LogP contribution in [-0.4, -0.2) is 4.98 Å². The van der Waals surface area contributed by atoms with Crippen LogP contribution in [0.2, 0.25) is 0 Å². The topological polar surface area (TPSA) is 53.0 Å². The van der Waals surface area contributed by atoms with Gasteiger partial charge in [-0.05, 0) is 11.9 Å². The lowest BCUT2D eigenvalue weighted by molar-refractivity contribution is -0.395. The second kappa shape index (κ2) is 2.64. The number of nitrogens with zero attached hydrogens (tertiary/aromatic N) is 1. The van der Waals surface area contributed by atoms with Crippen LogP contribution in [-0.2, 0) is 6.42 Å². The molecular weight excluding hydrogens is 126 g/mol. The number of aryl methyl sites for hydroxylation is 2. The van der Waals surface area contributed by atoms with E-state index in [-0.39, 0.29) is 0 Å². The van der Waals surface area contributed by atoms with Crippen LogP contribution in [0, 0.1) is 6.92 Å². The molecule has 1 aromatic rings. The number of rotatable bonds is 1. The van der Waals surface area contributed by atoms with Crippen molar-refractivity contribution in [3.8, 4) is 0 Å². The molecule has 0 fully saturated rings. The summed E-state index contributed by atoms with van der Waals surface area (Å²) < 4.78 is 0. The maximum Gasteiger partial charge on any atom is 0.298 e. The number of aromatic amines is 1. The fourth-order valence-electron chi connectivity index (χ4n) is 0.712. The minimum absolute atomic E-state index is 0.621. The monoisotopic (exact) mass is 138 g/mol. The molecule has 0 aliphatic heterocycles. The molecule has 0 atom stereocenters. The van der Waals surface area contributed by atoms with Gasteiger partial charge in [0.25, 0.3) is 5.82 Å². The first-order valence-electron chi connectivity index (χ1n) is 3.37. The third-order valence-corrected chi connectivity index (χ3v) is 1.45. The van der Waals surface area contributed by atoms with E-state index in [9.17, 15) is 0 Å². The molecule has 3 nitrogen and oxygen atoms in total. The first-order valence-corrected chi connectivity index (χ1v) is 3.37. The first-order chi connectivity index (χ1) is 4.74. The summed E-state index contributed by atoms with van der Waals surface area (Å²) in [5.74, 6) is 1.55. The van der Waals surface area contributed by atoms with Gasteiger partial charge >= 0.3 is 0 Å². The Morgan fingerprint density at radius 2 is 2.40 bits per heavy atom. The van der Waals surface area contributed by atoms with E-state index < -0.39 is 0 Å². The molecule has 3 heteroatoms. The fraction of sp³-hybridized carbons (Fsp3) is 0.429. The molecule has 0 spiro atoms. The van der Waals surface area contributed by atoms with Crippen molar-refractivity contribution in [2.75, 3.05) is 5.73 Å². The van der Waals surface area contributed by atoms with Crippen LogP contribution in [0.3, 0.4) is 0 Å². The highest BCUT2D eigenvalue weighted by molar-refractivity contribution is 5.34. The van der Waals surface area contributed by atoms with E-state index in [1.54, 1.807) is 0 Å². The van der Waals surface area contributed by atoms with E-state index in [1.165, 1.54) is 0 Å². The zero-order valence-corrected chi connectivity index (χ0v) is 6.31. The Kier molecular flexibility index (Phi) is 1.85. The lowest BCUT2D eigenvalue weighted by Gasteiger charge is -1.90. The van der Waals surface area contributed by atoms with E-state index in [0.29, 0.717) is 5.82 Å². The van der Waals surface area contributed by atoms with Gasteiger partial charge in [-0.2, -0.15) is 0 Å². The molecule has 0 aliphatic carbocycles. The first kappa shape index (κ1) is 6.99. The zero-order valence-electron chi connectivity index (χ0n) is 6.31. The normalized spacial score (nSPS) is 9.80. The molecule has 0 saturated heterocycles. The van der Waals surface area contributed by atoms with Crippen LogP contribution in [0.25, 0.3) is 0 Å². The summed E-state index contributed by atoms with van der Waals surface area (Å²) in [4.78, 5) is 7.15. The third kappa shape index (κ3) is 1.23. The predicted molar refractivity (Wildman–Crippen MR) is 39.3 cm³/mol. The quantitative estimate of drug-likeness (QED) is 0.608. The van der Waals surface area contributed by atoms with Crippen molar-refractivity contribution in [1.82, 2.24) is 4.98 Å². The van der Waals surface area contributed by atoms with Gasteiger partial charge in [-0.25, -0.2) is 4.98 Å². The summed E-state index contributed by atoms with van der Waals surface area (Å²) in [6, 6.07) is 0. The van der Waals surface area contributed by atoms with Gasteiger partial charge in [0.1, 0.15) is 0 Å². The van der Waals surface area contributed by atoms with Gasteiger partial charge in [-0.1, -0.05) is 6.92 Å². The van der Waals surface area contributed by atoms with Gasteiger partial charge in [0.15, 0.2) is 0 Å². The van der Waals surface area contributed by atoms with Gasteiger partial charge in [0.2, 0.25) is 5.82 Å². The van der Waals surface area contributed by atoms with Crippen molar-refractivity contribution in [2.45, 2.75) is 20.3 Å². The Hall–Kier alpha value is -1.12. The van der Waals surface area contributed by atoms with Crippen molar-refractivity contribution in [3.63, 3.8) is 0 Å². The molecule has 0 amide bonds. The van der Waals surface area contributed by atoms with Crippen LogP contribution >= 0.6 is 0 Å². The number of anilines is 1. The van der Waals surface area contributed by atoms with Crippen molar-refractivity contribution in [2.24, 2.45) is 0 Å². The largest absolute Gasteiger partial charge is 0.363 e. The summed E-state index contributed by atoms with van der Waals surface area (Å²) in [6.07, 6.45) is 2.77. The van der Waals surface area contributed by atoms with E-state index in [1.807, 2.05) is 20.0 Å². The summed E-state index contributed by atoms with van der Waals surface area (Å²) in [6.45, 7) is 3.96. The second-order valence-electron chi connectivity index (χ2n) is 2.27. The number of nitrogens with two attached hydrogens (primary N) is 1. The summed E-state index contributed by atoms with van der Waals surface area (Å²) in [5, 5.41) is 0. The average molecular weight is 138 g/mol. The second-order valence-corrected chi connectivity index (χ2v) is 2.27.